The van der Waals surface area contributed by atoms with E-state index in [1.807, 2.05) is 0 Å². The molecule has 2 amide bonds. The number of carbonyl (C=O) groups excluding carboxylic acids is 2. The fraction of sp³-hybridized carbons (Fsp3) is 0.261. The van der Waals surface area contributed by atoms with E-state index in [9.17, 15) is 18.4 Å². The third kappa shape index (κ3) is 4.86. The van der Waals surface area contributed by atoms with Crippen molar-refractivity contribution in [1.29, 1.82) is 0 Å². The summed E-state index contributed by atoms with van der Waals surface area (Å²) in [6.45, 7) is 3.23. The van der Waals surface area contributed by atoms with Gasteiger partial charge in [-0.05, 0) is 42.8 Å². The Morgan fingerprint density at radius 1 is 0.909 bits per heavy atom. The fourth-order valence-corrected chi connectivity index (χ4v) is 4.33. The molecule has 0 spiro atoms. The lowest BCUT2D eigenvalue weighted by Crippen LogP contribution is -2.50. The van der Waals surface area contributed by atoms with Crippen LogP contribution in [0.25, 0.3) is 0 Å². The minimum atomic E-state index is -0.515. The highest BCUT2D eigenvalue weighted by Gasteiger charge is 2.30. The number of hydrogen-bond acceptors (Lipinski definition) is 3. The zero-order valence-corrected chi connectivity index (χ0v) is 19.2. The molecule has 3 aromatic rings. The first-order valence-electron chi connectivity index (χ1n) is 10.3. The van der Waals surface area contributed by atoms with Crippen molar-refractivity contribution in [2.45, 2.75) is 13.5 Å². The first kappa shape index (κ1) is 23.2. The van der Waals surface area contributed by atoms with Crippen LogP contribution in [0.1, 0.15) is 32.0 Å². The molecule has 10 heteroatoms. The number of halogens is 4. The van der Waals surface area contributed by atoms with Gasteiger partial charge >= 0.3 is 0 Å². The second-order valence-electron chi connectivity index (χ2n) is 7.74. The van der Waals surface area contributed by atoms with Gasteiger partial charge in [0.1, 0.15) is 16.8 Å². The zero-order chi connectivity index (χ0) is 23.7. The summed E-state index contributed by atoms with van der Waals surface area (Å²) in [5.74, 6) is -1.43. The van der Waals surface area contributed by atoms with Gasteiger partial charge in [-0.15, -0.1) is 0 Å². The van der Waals surface area contributed by atoms with E-state index in [-0.39, 0.29) is 33.4 Å². The highest BCUT2D eigenvalue weighted by Crippen LogP contribution is 2.24. The number of aromatic nitrogens is 2. The molecule has 0 saturated carbocycles. The number of benzene rings is 2. The molecule has 0 unspecified atom stereocenters. The van der Waals surface area contributed by atoms with Gasteiger partial charge in [-0.2, -0.15) is 5.10 Å². The third-order valence-electron chi connectivity index (χ3n) is 5.54. The number of hydrogen-bond donors (Lipinski definition) is 0. The normalized spacial score (nSPS) is 14.0. The van der Waals surface area contributed by atoms with Gasteiger partial charge in [0.25, 0.3) is 11.8 Å². The Morgan fingerprint density at radius 2 is 1.48 bits per heavy atom. The summed E-state index contributed by atoms with van der Waals surface area (Å²) in [5.41, 5.74) is 1.81. The first-order chi connectivity index (χ1) is 15.7. The van der Waals surface area contributed by atoms with Crippen LogP contribution in [-0.2, 0) is 6.54 Å². The summed E-state index contributed by atoms with van der Waals surface area (Å²) in [7, 11) is 0. The molecular formula is C23H20Cl2F2N4O2. The van der Waals surface area contributed by atoms with Crippen molar-refractivity contribution in [2.75, 3.05) is 26.2 Å². The van der Waals surface area contributed by atoms with Crippen molar-refractivity contribution >= 4 is 35.0 Å². The molecule has 1 aliphatic rings. The van der Waals surface area contributed by atoms with Crippen LogP contribution in [0.4, 0.5) is 8.78 Å². The van der Waals surface area contributed by atoms with E-state index in [1.54, 1.807) is 28.9 Å². The van der Waals surface area contributed by atoms with Crippen LogP contribution in [0, 0.1) is 18.6 Å². The van der Waals surface area contributed by atoms with Crippen LogP contribution in [0.15, 0.2) is 42.5 Å². The topological polar surface area (TPSA) is 58.4 Å². The number of amides is 2. The number of piperazine rings is 1. The molecule has 2 heterocycles. The van der Waals surface area contributed by atoms with Gasteiger partial charge in [0, 0.05) is 26.2 Å². The molecule has 33 heavy (non-hydrogen) atoms. The summed E-state index contributed by atoms with van der Waals surface area (Å²) in [5, 5.41) is 4.63. The Labute approximate surface area is 199 Å². The second kappa shape index (κ2) is 9.49. The number of carbonyl (C=O) groups is 2. The average Bonchev–Trinajstić information content (AvgIpc) is 3.07. The van der Waals surface area contributed by atoms with Crippen molar-refractivity contribution < 1.29 is 18.4 Å². The molecule has 0 atom stereocenters. The van der Waals surface area contributed by atoms with Gasteiger partial charge in [0.2, 0.25) is 0 Å². The third-order valence-corrected chi connectivity index (χ3v) is 6.24. The highest BCUT2D eigenvalue weighted by atomic mass is 35.5. The standard InChI is InChI=1S/C23H20Cl2F2N4O2/c1-14-20(21(25)31(28-14)13-15-2-4-16(26)5-3-15)23(33)30-10-8-29(9-11-30)22(32)18-7-6-17(27)12-19(18)24/h2-7,12H,8-11,13H2,1H3. The summed E-state index contributed by atoms with van der Waals surface area (Å²) in [4.78, 5) is 29.1. The van der Waals surface area contributed by atoms with E-state index >= 15 is 0 Å². The Balaban J connectivity index is 1.44. The Morgan fingerprint density at radius 3 is 2.09 bits per heavy atom. The van der Waals surface area contributed by atoms with Gasteiger partial charge < -0.3 is 9.80 Å². The van der Waals surface area contributed by atoms with Gasteiger partial charge in [-0.25, -0.2) is 13.5 Å². The maximum Gasteiger partial charge on any atom is 0.259 e. The molecule has 6 nitrogen and oxygen atoms in total. The second-order valence-corrected chi connectivity index (χ2v) is 8.51. The molecule has 0 bridgehead atoms. The average molecular weight is 493 g/mol. The molecule has 172 valence electrons. The number of aryl methyl sites for hydroxylation is 1. The predicted molar refractivity (Wildman–Crippen MR) is 121 cm³/mol. The first-order valence-corrected chi connectivity index (χ1v) is 11.0. The minimum Gasteiger partial charge on any atom is -0.335 e. The van der Waals surface area contributed by atoms with Crippen molar-refractivity contribution in [3.63, 3.8) is 0 Å². The van der Waals surface area contributed by atoms with Crippen molar-refractivity contribution in [3.05, 3.63) is 86.7 Å². The van der Waals surface area contributed by atoms with Gasteiger partial charge in [-0.3, -0.25) is 9.59 Å². The maximum absolute atomic E-state index is 13.3. The molecule has 1 saturated heterocycles. The molecule has 1 aromatic heterocycles. The largest absolute Gasteiger partial charge is 0.335 e. The van der Waals surface area contributed by atoms with Gasteiger partial charge in [-0.1, -0.05) is 35.3 Å². The van der Waals surface area contributed by atoms with Crippen molar-refractivity contribution in [3.8, 4) is 0 Å². The number of rotatable bonds is 4. The van der Waals surface area contributed by atoms with Crippen LogP contribution < -0.4 is 0 Å². The lowest BCUT2D eigenvalue weighted by atomic mass is 10.1. The Bertz CT molecular complexity index is 1210. The van der Waals surface area contributed by atoms with Crippen molar-refractivity contribution in [2.24, 2.45) is 0 Å². The van der Waals surface area contributed by atoms with Gasteiger partial charge in [0.15, 0.2) is 0 Å². The van der Waals surface area contributed by atoms with Crippen molar-refractivity contribution in [1.82, 2.24) is 19.6 Å². The number of nitrogens with zero attached hydrogens (tertiary/aromatic N) is 4. The molecule has 4 rings (SSSR count). The lowest BCUT2D eigenvalue weighted by molar-refractivity contribution is 0.0535. The fourth-order valence-electron chi connectivity index (χ4n) is 3.77. The van der Waals surface area contributed by atoms with E-state index in [4.69, 9.17) is 23.2 Å². The van der Waals surface area contributed by atoms with Gasteiger partial charge in [0.05, 0.1) is 28.4 Å². The van der Waals surface area contributed by atoms with E-state index in [0.29, 0.717) is 44.0 Å². The summed E-state index contributed by atoms with van der Waals surface area (Å²) in [6, 6.07) is 9.62. The van der Waals surface area contributed by atoms with Crippen LogP contribution in [0.5, 0.6) is 0 Å². The predicted octanol–water partition coefficient (Wildman–Crippen LogP) is 4.42. The molecular weight excluding hydrogens is 473 g/mol. The van der Waals surface area contributed by atoms with Crippen LogP contribution in [-0.4, -0.2) is 57.6 Å². The summed E-state index contributed by atoms with van der Waals surface area (Å²) >= 11 is 12.5. The van der Waals surface area contributed by atoms with E-state index in [2.05, 4.69) is 5.10 Å². The molecule has 0 aliphatic carbocycles. The lowest BCUT2D eigenvalue weighted by Gasteiger charge is -2.35. The molecule has 1 aliphatic heterocycles. The zero-order valence-electron chi connectivity index (χ0n) is 17.7. The van der Waals surface area contributed by atoms with Crippen LogP contribution >= 0.6 is 23.2 Å². The molecule has 2 aromatic carbocycles. The molecule has 1 fully saturated rings. The van der Waals surface area contributed by atoms with Crippen LogP contribution in [0.2, 0.25) is 10.2 Å². The molecule has 0 radical (unpaired) electrons. The summed E-state index contributed by atoms with van der Waals surface area (Å²) < 4.78 is 27.9. The highest BCUT2D eigenvalue weighted by molar-refractivity contribution is 6.34. The quantitative estimate of drug-likeness (QED) is 0.541. The Kier molecular flexibility index (Phi) is 6.67. The summed E-state index contributed by atoms with van der Waals surface area (Å²) in [6.07, 6.45) is 0. The van der Waals surface area contributed by atoms with E-state index in [0.717, 1.165) is 11.6 Å². The van der Waals surface area contributed by atoms with E-state index < -0.39 is 5.82 Å². The smallest absolute Gasteiger partial charge is 0.259 e. The SMILES string of the molecule is Cc1nn(Cc2ccc(F)cc2)c(Cl)c1C(=O)N1CCN(C(=O)c2ccc(F)cc2Cl)CC1. The maximum atomic E-state index is 13.3. The molecule has 0 N–H and O–H groups in total. The minimum absolute atomic E-state index is 0.0504. The van der Waals surface area contributed by atoms with E-state index in [1.165, 1.54) is 28.9 Å². The Hall–Kier alpha value is -2.97. The monoisotopic (exact) mass is 492 g/mol. The van der Waals surface area contributed by atoms with Crippen LogP contribution in [0.3, 0.4) is 0 Å².